The van der Waals surface area contributed by atoms with E-state index in [1.54, 1.807) is 12.1 Å². The largest absolute Gasteiger partial charge is 0.508 e. The van der Waals surface area contributed by atoms with Gasteiger partial charge in [-0.25, -0.2) is 0 Å². The Morgan fingerprint density at radius 1 is 1.53 bits per heavy atom. The molecular formula is C12H17NO2. The van der Waals surface area contributed by atoms with Crippen molar-refractivity contribution in [1.29, 1.82) is 0 Å². The maximum atomic E-state index is 9.30. The molecule has 3 heteroatoms. The molecule has 2 rings (SSSR count). The van der Waals surface area contributed by atoms with Crippen molar-refractivity contribution in [3.8, 4) is 5.75 Å². The van der Waals surface area contributed by atoms with Crippen molar-refractivity contribution in [1.82, 2.24) is 5.32 Å². The Morgan fingerprint density at radius 2 is 2.40 bits per heavy atom. The highest BCUT2D eigenvalue weighted by molar-refractivity contribution is 5.26. The van der Waals surface area contributed by atoms with E-state index in [4.69, 9.17) is 4.74 Å². The maximum Gasteiger partial charge on any atom is 0.115 e. The van der Waals surface area contributed by atoms with E-state index >= 15 is 0 Å². The summed E-state index contributed by atoms with van der Waals surface area (Å²) in [6.07, 6.45) is 1.05. The third kappa shape index (κ3) is 2.70. The van der Waals surface area contributed by atoms with Crippen LogP contribution in [0.1, 0.15) is 18.9 Å². The van der Waals surface area contributed by atoms with Crippen LogP contribution in [0.4, 0.5) is 0 Å². The molecule has 0 aromatic heterocycles. The van der Waals surface area contributed by atoms with Crippen molar-refractivity contribution in [3.63, 3.8) is 0 Å². The molecule has 1 atom stereocenters. The highest BCUT2D eigenvalue weighted by atomic mass is 16.5. The van der Waals surface area contributed by atoms with Gasteiger partial charge in [0, 0.05) is 6.54 Å². The molecule has 0 bridgehead atoms. The second-order valence-corrected chi connectivity index (χ2v) is 4.34. The quantitative estimate of drug-likeness (QED) is 0.792. The van der Waals surface area contributed by atoms with Gasteiger partial charge >= 0.3 is 0 Å². The second-order valence-electron chi connectivity index (χ2n) is 4.34. The van der Waals surface area contributed by atoms with Gasteiger partial charge in [0.15, 0.2) is 0 Å². The Bertz CT molecular complexity index is 332. The van der Waals surface area contributed by atoms with Gasteiger partial charge in [-0.3, -0.25) is 0 Å². The van der Waals surface area contributed by atoms with Crippen molar-refractivity contribution in [2.75, 3.05) is 13.1 Å². The third-order valence-corrected chi connectivity index (χ3v) is 2.83. The molecule has 3 nitrogen and oxygen atoms in total. The average Bonchev–Trinajstić information content (AvgIpc) is 2.63. The predicted octanol–water partition coefficient (Wildman–Crippen LogP) is 1.66. The highest BCUT2D eigenvalue weighted by Gasteiger charge is 2.29. The van der Waals surface area contributed by atoms with E-state index in [0.29, 0.717) is 12.4 Å². The number of rotatable bonds is 3. The number of hydrogen-bond acceptors (Lipinski definition) is 3. The molecule has 0 aliphatic carbocycles. The summed E-state index contributed by atoms with van der Waals surface area (Å²) < 4.78 is 5.86. The summed E-state index contributed by atoms with van der Waals surface area (Å²) in [7, 11) is 0. The number of aromatic hydroxyl groups is 1. The summed E-state index contributed by atoms with van der Waals surface area (Å²) in [5.41, 5.74) is 0.967. The first-order valence-corrected chi connectivity index (χ1v) is 5.31. The summed E-state index contributed by atoms with van der Waals surface area (Å²) in [6.45, 7) is 4.62. The molecule has 2 N–H and O–H groups in total. The van der Waals surface area contributed by atoms with Crippen LogP contribution in [0.5, 0.6) is 5.75 Å². The Morgan fingerprint density at radius 3 is 3.07 bits per heavy atom. The molecule has 1 heterocycles. The van der Waals surface area contributed by atoms with Gasteiger partial charge < -0.3 is 15.2 Å². The highest BCUT2D eigenvalue weighted by Crippen LogP contribution is 2.21. The molecular weight excluding hydrogens is 190 g/mol. The van der Waals surface area contributed by atoms with Crippen molar-refractivity contribution < 1.29 is 9.84 Å². The molecule has 0 amide bonds. The summed E-state index contributed by atoms with van der Waals surface area (Å²) in [4.78, 5) is 0. The molecule has 0 spiro atoms. The minimum atomic E-state index is -0.0501. The van der Waals surface area contributed by atoms with Crippen LogP contribution in [0.15, 0.2) is 24.3 Å². The Kier molecular flexibility index (Phi) is 2.93. The van der Waals surface area contributed by atoms with Crippen molar-refractivity contribution in [2.45, 2.75) is 25.6 Å². The Balaban J connectivity index is 1.92. The fourth-order valence-corrected chi connectivity index (χ4v) is 1.82. The first-order valence-electron chi connectivity index (χ1n) is 5.31. The molecule has 1 saturated heterocycles. The lowest BCUT2D eigenvalue weighted by Crippen LogP contribution is -2.30. The lowest BCUT2D eigenvalue weighted by Gasteiger charge is -2.23. The average molecular weight is 207 g/mol. The standard InChI is InChI=1S/C12H17NO2/c1-12(5-6-13-9-12)15-8-10-3-2-4-11(14)7-10/h2-4,7,13-14H,5-6,8-9H2,1H3. The lowest BCUT2D eigenvalue weighted by molar-refractivity contribution is -0.0279. The van der Waals surface area contributed by atoms with Crippen molar-refractivity contribution in [2.24, 2.45) is 0 Å². The van der Waals surface area contributed by atoms with Crippen LogP contribution >= 0.6 is 0 Å². The second kappa shape index (κ2) is 4.21. The van der Waals surface area contributed by atoms with E-state index in [2.05, 4.69) is 12.2 Å². The number of benzene rings is 1. The van der Waals surface area contributed by atoms with Gasteiger partial charge in [0.2, 0.25) is 0 Å². The molecule has 1 aromatic rings. The van der Waals surface area contributed by atoms with E-state index in [1.807, 2.05) is 12.1 Å². The summed E-state index contributed by atoms with van der Waals surface area (Å²) >= 11 is 0. The first kappa shape index (κ1) is 10.5. The minimum Gasteiger partial charge on any atom is -0.508 e. The molecule has 0 saturated carbocycles. The number of phenolic OH excluding ortho intramolecular Hbond substituents is 1. The van der Waals surface area contributed by atoms with E-state index < -0.39 is 0 Å². The number of phenols is 1. The van der Waals surface area contributed by atoms with Crippen molar-refractivity contribution in [3.05, 3.63) is 29.8 Å². The summed E-state index contributed by atoms with van der Waals surface area (Å²) in [5.74, 6) is 0.297. The smallest absolute Gasteiger partial charge is 0.115 e. The summed E-state index contributed by atoms with van der Waals surface area (Å²) in [6, 6.07) is 7.21. The molecule has 0 radical (unpaired) electrons. The molecule has 1 fully saturated rings. The fourth-order valence-electron chi connectivity index (χ4n) is 1.82. The number of ether oxygens (including phenoxy) is 1. The zero-order chi connectivity index (χ0) is 10.7. The van der Waals surface area contributed by atoms with E-state index in [9.17, 15) is 5.11 Å². The van der Waals surface area contributed by atoms with Gasteiger partial charge in [0.05, 0.1) is 12.2 Å². The minimum absolute atomic E-state index is 0.0501. The van der Waals surface area contributed by atoms with E-state index in [0.717, 1.165) is 25.1 Å². The number of nitrogens with one attached hydrogen (secondary N) is 1. The van der Waals surface area contributed by atoms with E-state index in [1.165, 1.54) is 0 Å². The molecule has 1 aliphatic rings. The monoisotopic (exact) mass is 207 g/mol. The van der Waals surface area contributed by atoms with Crippen LogP contribution in [0.3, 0.4) is 0 Å². The number of hydrogen-bond donors (Lipinski definition) is 2. The zero-order valence-electron chi connectivity index (χ0n) is 8.99. The van der Waals surface area contributed by atoms with Crippen LogP contribution in [-0.4, -0.2) is 23.8 Å². The van der Waals surface area contributed by atoms with E-state index in [-0.39, 0.29) is 5.60 Å². The third-order valence-electron chi connectivity index (χ3n) is 2.83. The fraction of sp³-hybridized carbons (Fsp3) is 0.500. The van der Waals surface area contributed by atoms with Gasteiger partial charge in [-0.15, -0.1) is 0 Å². The van der Waals surface area contributed by atoms with Crippen LogP contribution in [0.25, 0.3) is 0 Å². The first-order chi connectivity index (χ1) is 7.18. The Hall–Kier alpha value is -1.06. The topological polar surface area (TPSA) is 41.5 Å². The van der Waals surface area contributed by atoms with Gasteiger partial charge in [-0.1, -0.05) is 12.1 Å². The predicted molar refractivity (Wildman–Crippen MR) is 58.8 cm³/mol. The molecule has 1 aliphatic heterocycles. The summed E-state index contributed by atoms with van der Waals surface area (Å²) in [5, 5.41) is 12.6. The zero-order valence-corrected chi connectivity index (χ0v) is 8.99. The maximum absolute atomic E-state index is 9.30. The van der Waals surface area contributed by atoms with Gasteiger partial charge in [0.1, 0.15) is 5.75 Å². The van der Waals surface area contributed by atoms with Gasteiger partial charge in [0.25, 0.3) is 0 Å². The molecule has 1 aromatic carbocycles. The van der Waals surface area contributed by atoms with Crippen LogP contribution in [0.2, 0.25) is 0 Å². The van der Waals surface area contributed by atoms with Crippen LogP contribution < -0.4 is 5.32 Å². The molecule has 82 valence electrons. The van der Waals surface area contributed by atoms with Crippen LogP contribution in [0, 0.1) is 0 Å². The van der Waals surface area contributed by atoms with Gasteiger partial charge in [-0.05, 0) is 37.6 Å². The molecule has 1 unspecified atom stereocenters. The van der Waals surface area contributed by atoms with Crippen LogP contribution in [-0.2, 0) is 11.3 Å². The SMILES string of the molecule is CC1(OCc2cccc(O)c2)CCNC1. The lowest BCUT2D eigenvalue weighted by atomic mass is 10.1. The van der Waals surface area contributed by atoms with Crippen molar-refractivity contribution >= 4 is 0 Å². The Labute approximate surface area is 90.1 Å². The van der Waals surface area contributed by atoms with Gasteiger partial charge in [-0.2, -0.15) is 0 Å². The normalized spacial score (nSPS) is 25.7. The molecule has 15 heavy (non-hydrogen) atoms.